The van der Waals surface area contributed by atoms with Crippen LogP contribution in [0.25, 0.3) is 83.0 Å². The number of aliphatic imine (C=N–C) groups is 5. The molecule has 0 fully saturated rings. The van der Waals surface area contributed by atoms with Crippen molar-refractivity contribution < 1.29 is 4.42 Å². The Morgan fingerprint density at radius 2 is 0.661 bits per heavy atom. The number of allylic oxidation sites excluding steroid dienone is 5. The van der Waals surface area contributed by atoms with Gasteiger partial charge in [0.1, 0.15) is 5.70 Å². The summed E-state index contributed by atoms with van der Waals surface area (Å²) in [4.78, 5) is 51.6. The Morgan fingerprint density at radius 1 is 0.296 bits per heavy atom. The van der Waals surface area contributed by atoms with E-state index in [9.17, 15) is 0 Å². The second kappa shape index (κ2) is 37.4. The summed E-state index contributed by atoms with van der Waals surface area (Å²) in [7, 11) is 0. The van der Waals surface area contributed by atoms with Gasteiger partial charge in [0.25, 0.3) is 0 Å². The lowest BCUT2D eigenvalue weighted by Crippen LogP contribution is -1.99. The monoisotopic (exact) mass is 1520 g/mol. The SMILES string of the molecule is C1=C(c2ccco2)N=C(CCc2ccc3ccccc3n2)C1.C1=C(c2ccncc2)N=C(CCc2ccc3ccccc3n2)C1.C1=C(c2ccsc2)N=C(CCc2ccc3ccccc3n2)C1.Cc1cccc(C2=CCC(CCc3ccc4ccccc4n3)=N2)c1.Cc1ccccc1C1=CCC(CCc2ccc3ccccc3n2)=N1. The van der Waals surface area contributed by atoms with Crippen LogP contribution in [0, 0.1) is 13.8 Å². The highest BCUT2D eigenvalue weighted by atomic mass is 32.1. The molecule has 0 aliphatic carbocycles. The third-order valence-electron chi connectivity index (χ3n) is 21.0. The number of aryl methyl sites for hydroxylation is 7. The van der Waals surface area contributed by atoms with Gasteiger partial charge in [0.15, 0.2) is 5.76 Å². The molecule has 13 heteroatoms. The largest absolute Gasteiger partial charge is 0.463 e. The first kappa shape index (κ1) is 75.8. The maximum Gasteiger partial charge on any atom is 0.151 e. The summed E-state index contributed by atoms with van der Waals surface area (Å²) in [6.45, 7) is 4.26. The quantitative estimate of drug-likeness (QED) is 0.0736. The molecule has 0 atom stereocenters. The molecule has 5 aliphatic heterocycles. The van der Waals surface area contributed by atoms with Crippen LogP contribution in [-0.2, 0) is 32.1 Å². The van der Waals surface area contributed by atoms with Gasteiger partial charge in [0, 0.05) is 156 Å². The van der Waals surface area contributed by atoms with Crippen molar-refractivity contribution in [1.82, 2.24) is 29.9 Å². The normalized spacial score (nSPS) is 14.0. The number of benzene rings is 7. The molecular weight excluding hydrogens is 1430 g/mol. The first-order valence-corrected chi connectivity index (χ1v) is 40.8. The molecule has 0 unspecified atom stereocenters. The Hall–Kier alpha value is -13.2. The number of pyridine rings is 6. The number of furan rings is 1. The fraction of sp³-hybridized carbons (Fsp3) is 0.167. The van der Waals surface area contributed by atoms with Gasteiger partial charge in [-0.25, -0.2) is 0 Å². The lowest BCUT2D eigenvalue weighted by molar-refractivity contribution is 0.552. The van der Waals surface area contributed by atoms with Crippen LogP contribution in [0.2, 0.25) is 0 Å². The zero-order valence-electron chi connectivity index (χ0n) is 64.9. The standard InChI is InChI=1S/2C22H20N2.C20H17N3.C19H16N2O.C19H16N2S/c1-16-6-2-4-8-20(16)22-15-14-19(24-22)13-12-18-11-10-17-7-3-5-9-21(17)23-18;1-16-5-4-7-18(15-16)22-14-13-20(24-22)12-11-19-10-9-17-6-2-3-8-21(17)23-19;1-2-4-19-15(3-1)5-6-17(22-19)7-8-18-9-10-20(23-18)16-11-13-21-14-12-16;1-2-5-17-14(4-1)7-8-15(20-17)9-10-16-11-12-18(21-16)19-6-3-13-22-19;1-2-4-18-14(3-1)5-6-16(20-18)7-8-17-9-10-19(21-17)15-11-12-22-13-15/h2-11,15H,12-14H2,1H3;2-10,14-15H,11-13H2,1H3;1-6,10-14H,7-9H2;1-8,12-13H,9-11H2;1-6,10-13H,7-9H2. The molecule has 15 aromatic rings. The molecule has 0 amide bonds. The van der Waals surface area contributed by atoms with Gasteiger partial charge in [-0.2, -0.15) is 11.3 Å². The highest BCUT2D eigenvalue weighted by molar-refractivity contribution is 7.08. The number of para-hydroxylation sites is 5. The van der Waals surface area contributed by atoms with Crippen LogP contribution in [0.3, 0.4) is 0 Å². The van der Waals surface area contributed by atoms with Crippen LogP contribution in [-0.4, -0.2) is 58.5 Å². The Balaban J connectivity index is 0.000000108. The third kappa shape index (κ3) is 20.4. The highest BCUT2D eigenvalue weighted by Gasteiger charge is 2.18. The van der Waals surface area contributed by atoms with E-state index < -0.39 is 0 Å². The molecule has 0 spiro atoms. The van der Waals surface area contributed by atoms with Crippen LogP contribution < -0.4 is 0 Å². The minimum atomic E-state index is 0.846. The summed E-state index contributed by atoms with van der Waals surface area (Å²) >= 11 is 1.72. The summed E-state index contributed by atoms with van der Waals surface area (Å²) in [5.41, 5.74) is 30.0. The number of hydrogen-bond donors (Lipinski definition) is 0. The van der Waals surface area contributed by atoms with Crippen molar-refractivity contribution in [3.05, 3.63) is 388 Å². The number of rotatable bonds is 20. The van der Waals surface area contributed by atoms with Crippen molar-refractivity contribution in [1.29, 1.82) is 0 Å². The van der Waals surface area contributed by atoms with Gasteiger partial charge < -0.3 is 4.42 Å². The molecule has 0 bridgehead atoms. The Labute approximate surface area is 676 Å². The summed E-state index contributed by atoms with van der Waals surface area (Å²) in [6, 6.07) is 89.6. The molecule has 0 saturated carbocycles. The van der Waals surface area contributed by atoms with E-state index in [0.717, 1.165) is 192 Å². The first-order chi connectivity index (χ1) is 56.7. The topological polar surface area (TPSA) is 152 Å². The van der Waals surface area contributed by atoms with Gasteiger partial charge in [-0.05, 0) is 192 Å². The van der Waals surface area contributed by atoms with Crippen molar-refractivity contribution in [2.75, 3.05) is 0 Å². The van der Waals surface area contributed by atoms with Crippen LogP contribution in [0.4, 0.5) is 0 Å². The van der Waals surface area contributed by atoms with Crippen molar-refractivity contribution in [3.8, 4) is 0 Å². The number of thiophene rings is 1. The van der Waals surface area contributed by atoms with Crippen LogP contribution >= 0.6 is 11.3 Å². The molecule has 8 aromatic heterocycles. The fourth-order valence-corrected chi connectivity index (χ4v) is 15.3. The summed E-state index contributed by atoms with van der Waals surface area (Å²) in [5.74, 6) is 0.846. The highest BCUT2D eigenvalue weighted by Crippen LogP contribution is 2.31. The van der Waals surface area contributed by atoms with Gasteiger partial charge in [0.2, 0.25) is 0 Å². The number of fused-ring (bicyclic) bond motifs is 5. The van der Waals surface area contributed by atoms with Crippen molar-refractivity contribution >= 4 is 123 Å². The predicted octanol–water partition coefficient (Wildman–Crippen LogP) is 24.9. The van der Waals surface area contributed by atoms with E-state index in [-0.39, 0.29) is 0 Å². The minimum Gasteiger partial charge on any atom is -0.463 e. The lowest BCUT2D eigenvalue weighted by atomic mass is 10.1. The number of nitrogens with zero attached hydrogens (tertiary/aromatic N) is 11. The molecule has 0 radical (unpaired) electrons. The van der Waals surface area contributed by atoms with E-state index in [2.05, 4.69) is 259 Å². The number of aromatic nitrogens is 6. The lowest BCUT2D eigenvalue weighted by Gasteiger charge is -2.04. The van der Waals surface area contributed by atoms with Gasteiger partial charge >= 0.3 is 0 Å². The molecule has 564 valence electrons. The Bertz CT molecular complexity index is 6150. The maximum absolute atomic E-state index is 5.39. The zero-order valence-corrected chi connectivity index (χ0v) is 65.8. The van der Waals surface area contributed by atoms with E-state index in [1.165, 1.54) is 83.3 Å². The van der Waals surface area contributed by atoms with E-state index in [0.29, 0.717) is 0 Å². The molecule has 0 saturated heterocycles. The third-order valence-corrected chi connectivity index (χ3v) is 21.7. The van der Waals surface area contributed by atoms with E-state index >= 15 is 0 Å². The smallest absolute Gasteiger partial charge is 0.151 e. The van der Waals surface area contributed by atoms with Gasteiger partial charge in [0.05, 0.1) is 56.6 Å². The molecule has 0 N–H and O–H groups in total. The van der Waals surface area contributed by atoms with Crippen LogP contribution in [0.15, 0.2) is 350 Å². The van der Waals surface area contributed by atoms with Gasteiger partial charge in [-0.3, -0.25) is 54.9 Å². The maximum atomic E-state index is 5.39. The molecule has 20 rings (SSSR count). The molecule has 5 aliphatic rings. The summed E-state index contributed by atoms with van der Waals surface area (Å²) in [6.07, 6.45) is 30.5. The van der Waals surface area contributed by atoms with E-state index in [1.807, 2.05) is 79.1 Å². The molecule has 115 heavy (non-hydrogen) atoms. The van der Waals surface area contributed by atoms with Gasteiger partial charge in [-0.1, -0.05) is 194 Å². The average Bonchev–Trinajstić information content (AvgIpc) is 1.77. The summed E-state index contributed by atoms with van der Waals surface area (Å²) in [5, 5.41) is 10.2. The molecule has 12 nitrogen and oxygen atoms in total. The molecule has 7 aromatic carbocycles. The van der Waals surface area contributed by atoms with E-state index in [4.69, 9.17) is 49.3 Å². The average molecular weight is 1520 g/mol. The van der Waals surface area contributed by atoms with Crippen molar-refractivity contribution in [3.63, 3.8) is 0 Å². The van der Waals surface area contributed by atoms with Gasteiger partial charge in [-0.15, -0.1) is 0 Å². The molecule has 13 heterocycles. The van der Waals surface area contributed by atoms with Crippen molar-refractivity contribution in [2.45, 2.75) is 110 Å². The van der Waals surface area contributed by atoms with Crippen LogP contribution in [0.5, 0.6) is 0 Å². The molecular formula is C102H89N11OS. The summed E-state index contributed by atoms with van der Waals surface area (Å²) < 4.78 is 5.39. The first-order valence-electron chi connectivity index (χ1n) is 39.9. The Morgan fingerprint density at radius 3 is 1.05 bits per heavy atom. The number of hydrogen-bond acceptors (Lipinski definition) is 13. The Kier molecular flexibility index (Phi) is 24.6. The second-order valence-electron chi connectivity index (χ2n) is 29.2. The predicted molar refractivity (Wildman–Crippen MR) is 480 cm³/mol. The zero-order chi connectivity index (χ0) is 77.8. The minimum absolute atomic E-state index is 0.846. The second-order valence-corrected chi connectivity index (χ2v) is 30.0. The fourth-order valence-electron chi connectivity index (χ4n) is 14.7. The van der Waals surface area contributed by atoms with E-state index in [1.54, 1.807) is 17.6 Å². The van der Waals surface area contributed by atoms with Crippen LogP contribution in [0.1, 0.15) is 132 Å². The van der Waals surface area contributed by atoms with Crippen molar-refractivity contribution in [2.24, 2.45) is 25.0 Å².